The minimum atomic E-state index is 0.638. The van der Waals surface area contributed by atoms with Gasteiger partial charge in [0.25, 0.3) is 0 Å². The molecule has 2 rings (SSSR count). The largest absolute Gasteiger partial charge is 0.355 e. The highest BCUT2D eigenvalue weighted by molar-refractivity contribution is 9.10. The zero-order chi connectivity index (χ0) is 13.0. The highest BCUT2D eigenvalue weighted by Crippen LogP contribution is 2.29. The predicted molar refractivity (Wildman–Crippen MR) is 80.4 cm³/mol. The number of nitrogens with one attached hydrogen (secondary N) is 1. The van der Waals surface area contributed by atoms with Gasteiger partial charge in [-0.15, -0.1) is 11.8 Å². The Hall–Kier alpha value is -1.44. The molecule has 0 aliphatic carbocycles. The minimum Gasteiger partial charge on any atom is -0.355 e. The molecule has 18 heavy (non-hydrogen) atoms. The van der Waals surface area contributed by atoms with Crippen molar-refractivity contribution in [3.8, 4) is 6.07 Å². The third-order valence-corrected chi connectivity index (χ3v) is 3.93. The van der Waals surface area contributed by atoms with Crippen LogP contribution in [0.1, 0.15) is 5.56 Å². The van der Waals surface area contributed by atoms with Crippen molar-refractivity contribution in [1.82, 2.24) is 0 Å². The van der Waals surface area contributed by atoms with Crippen molar-refractivity contribution in [2.75, 3.05) is 11.6 Å². The number of nitrogens with zero attached hydrogens (tertiary/aromatic N) is 1. The Kier molecular flexibility index (Phi) is 4.29. The van der Waals surface area contributed by atoms with E-state index < -0.39 is 0 Å². The molecule has 0 fully saturated rings. The van der Waals surface area contributed by atoms with E-state index in [-0.39, 0.29) is 0 Å². The monoisotopic (exact) mass is 318 g/mol. The minimum absolute atomic E-state index is 0.638. The molecule has 0 radical (unpaired) electrons. The van der Waals surface area contributed by atoms with Gasteiger partial charge in [0.15, 0.2) is 0 Å². The number of hydrogen-bond donors (Lipinski definition) is 1. The average molecular weight is 319 g/mol. The number of para-hydroxylation sites is 1. The fraction of sp³-hybridized carbons (Fsp3) is 0.0714. The Labute approximate surface area is 119 Å². The molecule has 90 valence electrons. The summed E-state index contributed by atoms with van der Waals surface area (Å²) in [5, 5.41) is 12.2. The second-order valence-electron chi connectivity index (χ2n) is 3.63. The molecule has 2 nitrogen and oxygen atoms in total. The van der Waals surface area contributed by atoms with Gasteiger partial charge in [0.2, 0.25) is 0 Å². The normalized spacial score (nSPS) is 9.83. The third-order valence-electron chi connectivity index (χ3n) is 2.48. The SMILES string of the molecule is CSc1ccccc1Nc1ccc(C#N)c(Br)c1. The first-order chi connectivity index (χ1) is 8.74. The van der Waals surface area contributed by atoms with E-state index in [1.54, 1.807) is 17.8 Å². The van der Waals surface area contributed by atoms with Crippen molar-refractivity contribution in [3.63, 3.8) is 0 Å². The van der Waals surface area contributed by atoms with Crippen molar-refractivity contribution in [3.05, 3.63) is 52.5 Å². The van der Waals surface area contributed by atoms with Crippen molar-refractivity contribution >= 4 is 39.1 Å². The van der Waals surface area contributed by atoms with Gasteiger partial charge >= 0.3 is 0 Å². The van der Waals surface area contributed by atoms with Gasteiger partial charge < -0.3 is 5.32 Å². The van der Waals surface area contributed by atoms with E-state index in [9.17, 15) is 0 Å². The summed E-state index contributed by atoms with van der Waals surface area (Å²) in [6.45, 7) is 0. The summed E-state index contributed by atoms with van der Waals surface area (Å²) in [6.07, 6.45) is 2.05. The first-order valence-electron chi connectivity index (χ1n) is 5.34. The van der Waals surface area contributed by atoms with Gasteiger partial charge in [-0.1, -0.05) is 12.1 Å². The van der Waals surface area contributed by atoms with E-state index in [4.69, 9.17) is 5.26 Å². The quantitative estimate of drug-likeness (QED) is 0.827. The van der Waals surface area contributed by atoms with Crippen LogP contribution in [-0.2, 0) is 0 Å². The first-order valence-corrected chi connectivity index (χ1v) is 7.36. The lowest BCUT2D eigenvalue weighted by molar-refractivity contribution is 1.40. The van der Waals surface area contributed by atoms with Crippen molar-refractivity contribution in [1.29, 1.82) is 5.26 Å². The summed E-state index contributed by atoms with van der Waals surface area (Å²) in [6, 6.07) is 15.9. The number of nitriles is 1. The van der Waals surface area contributed by atoms with Crippen LogP contribution in [0.2, 0.25) is 0 Å². The summed E-state index contributed by atoms with van der Waals surface area (Å²) in [7, 11) is 0. The lowest BCUT2D eigenvalue weighted by atomic mass is 10.2. The highest BCUT2D eigenvalue weighted by atomic mass is 79.9. The summed E-state index contributed by atoms with van der Waals surface area (Å²) in [5.41, 5.74) is 2.67. The molecular formula is C14H11BrN2S. The Morgan fingerprint density at radius 2 is 2.00 bits per heavy atom. The fourth-order valence-corrected chi connectivity index (χ4v) is 2.61. The Balaban J connectivity index is 2.29. The highest BCUT2D eigenvalue weighted by Gasteiger charge is 2.03. The van der Waals surface area contributed by atoms with Gasteiger partial charge in [0, 0.05) is 15.1 Å². The van der Waals surface area contributed by atoms with Crippen LogP contribution >= 0.6 is 27.7 Å². The topological polar surface area (TPSA) is 35.8 Å². The number of thioether (sulfide) groups is 1. The third kappa shape index (κ3) is 2.87. The van der Waals surface area contributed by atoms with E-state index in [0.717, 1.165) is 15.8 Å². The second kappa shape index (κ2) is 5.94. The molecule has 0 bridgehead atoms. The Morgan fingerprint density at radius 3 is 2.67 bits per heavy atom. The summed E-state index contributed by atoms with van der Waals surface area (Å²) >= 11 is 5.09. The molecule has 0 aliphatic heterocycles. The van der Waals surface area contributed by atoms with Gasteiger partial charge in [-0.3, -0.25) is 0 Å². The smallest absolute Gasteiger partial charge is 0.100 e. The van der Waals surface area contributed by atoms with Crippen LogP contribution in [0.3, 0.4) is 0 Å². The maximum atomic E-state index is 8.88. The molecule has 0 amide bonds. The number of anilines is 2. The standard InChI is InChI=1S/C14H11BrN2S/c1-18-14-5-3-2-4-13(14)17-11-7-6-10(9-16)12(15)8-11/h2-8,17H,1H3. The van der Waals surface area contributed by atoms with Crippen LogP contribution < -0.4 is 5.32 Å². The van der Waals surface area contributed by atoms with Gasteiger partial charge in [-0.2, -0.15) is 5.26 Å². The molecule has 2 aromatic rings. The Bertz CT molecular complexity index is 605. The molecule has 2 aromatic carbocycles. The average Bonchev–Trinajstić information content (AvgIpc) is 2.39. The lowest BCUT2D eigenvalue weighted by Crippen LogP contribution is -1.92. The van der Waals surface area contributed by atoms with E-state index >= 15 is 0 Å². The second-order valence-corrected chi connectivity index (χ2v) is 5.33. The van der Waals surface area contributed by atoms with E-state index in [0.29, 0.717) is 5.56 Å². The molecule has 0 aromatic heterocycles. The van der Waals surface area contributed by atoms with E-state index in [1.807, 2.05) is 30.3 Å². The van der Waals surface area contributed by atoms with Crippen LogP contribution in [0, 0.1) is 11.3 Å². The van der Waals surface area contributed by atoms with Crippen LogP contribution in [0.4, 0.5) is 11.4 Å². The summed E-state index contributed by atoms with van der Waals surface area (Å²) in [5.74, 6) is 0. The maximum Gasteiger partial charge on any atom is 0.100 e. The molecule has 0 saturated heterocycles. The van der Waals surface area contributed by atoms with Crippen LogP contribution in [0.25, 0.3) is 0 Å². The zero-order valence-electron chi connectivity index (χ0n) is 9.77. The predicted octanol–water partition coefficient (Wildman–Crippen LogP) is 4.79. The number of benzene rings is 2. The van der Waals surface area contributed by atoms with Crippen molar-refractivity contribution in [2.45, 2.75) is 4.90 Å². The van der Waals surface area contributed by atoms with E-state index in [1.165, 1.54) is 4.90 Å². The number of halogens is 1. The lowest BCUT2D eigenvalue weighted by Gasteiger charge is -2.10. The summed E-state index contributed by atoms with van der Waals surface area (Å²) in [4.78, 5) is 1.19. The molecule has 4 heteroatoms. The van der Waals surface area contributed by atoms with Gasteiger partial charge in [-0.25, -0.2) is 0 Å². The van der Waals surface area contributed by atoms with Crippen LogP contribution in [-0.4, -0.2) is 6.26 Å². The Morgan fingerprint density at radius 1 is 1.22 bits per heavy atom. The number of hydrogen-bond acceptors (Lipinski definition) is 3. The molecule has 0 unspecified atom stereocenters. The molecule has 0 spiro atoms. The van der Waals surface area contributed by atoms with E-state index in [2.05, 4.69) is 39.6 Å². The number of rotatable bonds is 3. The van der Waals surface area contributed by atoms with Crippen molar-refractivity contribution in [2.24, 2.45) is 0 Å². The molecule has 1 N–H and O–H groups in total. The molecule has 0 atom stereocenters. The van der Waals surface area contributed by atoms with Crippen LogP contribution in [0.15, 0.2) is 51.8 Å². The zero-order valence-corrected chi connectivity index (χ0v) is 12.2. The van der Waals surface area contributed by atoms with Crippen LogP contribution in [0.5, 0.6) is 0 Å². The van der Waals surface area contributed by atoms with Crippen molar-refractivity contribution < 1.29 is 0 Å². The van der Waals surface area contributed by atoms with Gasteiger partial charge in [0.05, 0.1) is 11.3 Å². The molecular weight excluding hydrogens is 308 g/mol. The van der Waals surface area contributed by atoms with Gasteiger partial charge in [0.1, 0.15) is 6.07 Å². The molecule has 0 aliphatic rings. The molecule has 0 saturated carbocycles. The fourth-order valence-electron chi connectivity index (χ4n) is 1.59. The molecule has 0 heterocycles. The summed E-state index contributed by atoms with van der Waals surface area (Å²) < 4.78 is 0.802. The van der Waals surface area contributed by atoms with Gasteiger partial charge in [-0.05, 0) is 52.5 Å². The first kappa shape index (κ1) is 13.0. The maximum absolute atomic E-state index is 8.88.